The standard InChI is InChI=1S/C30H32FN5O2/c1-18-28(35(4)34-33-18)21-15-26-27(32-17-21)24-10-7-22(30(2,3)37)16-25(24)36(26)29(20-11-13-38-14-12-20)19-5-8-23(31)9-6-19/h5-10,15-17,20,29,37H,11-14H2,1-4H3/t29-/m0/s1. The number of nitrogens with zero attached hydrogens (tertiary/aromatic N) is 5. The molecule has 0 amide bonds. The largest absolute Gasteiger partial charge is 0.386 e. The van der Waals surface area contributed by atoms with Crippen molar-refractivity contribution in [3.05, 3.63) is 77.4 Å². The number of hydrogen-bond donors (Lipinski definition) is 1. The number of aliphatic hydroxyl groups is 1. The van der Waals surface area contributed by atoms with Crippen molar-refractivity contribution in [3.8, 4) is 11.3 Å². The summed E-state index contributed by atoms with van der Waals surface area (Å²) >= 11 is 0. The van der Waals surface area contributed by atoms with E-state index in [1.165, 1.54) is 12.1 Å². The van der Waals surface area contributed by atoms with Crippen LogP contribution in [0.3, 0.4) is 0 Å². The van der Waals surface area contributed by atoms with Crippen molar-refractivity contribution in [3.63, 3.8) is 0 Å². The van der Waals surface area contributed by atoms with Crippen LogP contribution in [0, 0.1) is 18.7 Å². The maximum absolute atomic E-state index is 14.0. The Kier molecular flexibility index (Phi) is 6.04. The summed E-state index contributed by atoms with van der Waals surface area (Å²) < 4.78 is 23.9. The molecule has 38 heavy (non-hydrogen) atoms. The summed E-state index contributed by atoms with van der Waals surface area (Å²) in [6.07, 6.45) is 3.67. The number of halogens is 1. The highest BCUT2D eigenvalue weighted by Gasteiger charge is 2.31. The van der Waals surface area contributed by atoms with E-state index in [1.54, 1.807) is 18.5 Å². The lowest BCUT2D eigenvalue weighted by Gasteiger charge is -2.33. The van der Waals surface area contributed by atoms with E-state index in [9.17, 15) is 9.50 Å². The minimum Gasteiger partial charge on any atom is -0.386 e. The van der Waals surface area contributed by atoms with Gasteiger partial charge < -0.3 is 14.4 Å². The van der Waals surface area contributed by atoms with Crippen LogP contribution in [0.4, 0.5) is 4.39 Å². The predicted molar refractivity (Wildman–Crippen MR) is 145 cm³/mol. The molecule has 8 heteroatoms. The summed E-state index contributed by atoms with van der Waals surface area (Å²) in [5.74, 6) is 0.0247. The highest BCUT2D eigenvalue weighted by Crippen LogP contribution is 2.42. The monoisotopic (exact) mass is 513 g/mol. The van der Waals surface area contributed by atoms with Crippen LogP contribution >= 0.6 is 0 Å². The van der Waals surface area contributed by atoms with Gasteiger partial charge in [0.05, 0.1) is 39.6 Å². The zero-order valence-corrected chi connectivity index (χ0v) is 22.1. The second-order valence-electron chi connectivity index (χ2n) is 10.8. The molecule has 7 nitrogen and oxygen atoms in total. The van der Waals surface area contributed by atoms with E-state index in [4.69, 9.17) is 9.72 Å². The molecule has 5 aromatic rings. The number of hydrogen-bond acceptors (Lipinski definition) is 5. The van der Waals surface area contributed by atoms with E-state index in [1.807, 2.05) is 38.4 Å². The van der Waals surface area contributed by atoms with Crippen LogP contribution in [-0.4, -0.2) is 42.9 Å². The number of fused-ring (bicyclic) bond motifs is 3. The van der Waals surface area contributed by atoms with Crippen molar-refractivity contribution in [2.45, 2.75) is 45.3 Å². The van der Waals surface area contributed by atoms with Crippen LogP contribution in [-0.2, 0) is 17.4 Å². The molecular weight excluding hydrogens is 481 g/mol. The summed E-state index contributed by atoms with van der Waals surface area (Å²) in [5, 5.41) is 20.3. The Morgan fingerprint density at radius 1 is 1.05 bits per heavy atom. The molecular formula is C30H32FN5O2. The van der Waals surface area contributed by atoms with Crippen LogP contribution in [0.2, 0.25) is 0 Å². The smallest absolute Gasteiger partial charge is 0.123 e. The molecule has 0 spiro atoms. The Hall–Kier alpha value is -3.62. The molecule has 1 atom stereocenters. The molecule has 0 bridgehead atoms. The van der Waals surface area contributed by atoms with Crippen LogP contribution in [0.15, 0.2) is 54.7 Å². The van der Waals surface area contributed by atoms with Gasteiger partial charge in [0.25, 0.3) is 0 Å². The molecule has 196 valence electrons. The average Bonchev–Trinajstić information content (AvgIpc) is 3.41. The van der Waals surface area contributed by atoms with Crippen molar-refractivity contribution < 1.29 is 14.2 Å². The van der Waals surface area contributed by atoms with Gasteiger partial charge in [-0.05, 0) is 74.9 Å². The summed E-state index contributed by atoms with van der Waals surface area (Å²) in [5.41, 5.74) is 6.39. The minimum absolute atomic E-state index is 0.0700. The number of rotatable bonds is 5. The van der Waals surface area contributed by atoms with Crippen LogP contribution < -0.4 is 0 Å². The molecule has 6 rings (SSSR count). The molecule has 4 heterocycles. The van der Waals surface area contributed by atoms with Gasteiger partial charge in [0, 0.05) is 37.4 Å². The zero-order chi connectivity index (χ0) is 26.6. The minimum atomic E-state index is -1.00. The van der Waals surface area contributed by atoms with Gasteiger partial charge in [-0.2, -0.15) is 0 Å². The van der Waals surface area contributed by atoms with E-state index in [2.05, 4.69) is 33.1 Å². The van der Waals surface area contributed by atoms with Gasteiger partial charge in [0.2, 0.25) is 0 Å². The summed E-state index contributed by atoms with van der Waals surface area (Å²) in [4.78, 5) is 4.96. The lowest BCUT2D eigenvalue weighted by Crippen LogP contribution is -2.27. The van der Waals surface area contributed by atoms with Gasteiger partial charge in [0.15, 0.2) is 0 Å². The van der Waals surface area contributed by atoms with E-state index >= 15 is 0 Å². The second kappa shape index (κ2) is 9.29. The Balaban J connectivity index is 1.69. The van der Waals surface area contributed by atoms with Gasteiger partial charge in [0.1, 0.15) is 5.82 Å². The fourth-order valence-electron chi connectivity index (χ4n) is 5.89. The SMILES string of the molecule is Cc1nnn(C)c1-c1cnc2c3ccc(C(C)(C)O)cc3n([C@@H](c3ccc(F)cc3)C3CCOCC3)c2c1. The number of aryl methyl sites for hydroxylation is 2. The first-order valence-corrected chi connectivity index (χ1v) is 13.1. The van der Waals surface area contributed by atoms with Crippen molar-refractivity contribution in [2.75, 3.05) is 13.2 Å². The molecule has 0 unspecified atom stereocenters. The van der Waals surface area contributed by atoms with Crippen molar-refractivity contribution >= 4 is 21.9 Å². The van der Waals surface area contributed by atoms with E-state index in [0.717, 1.165) is 62.9 Å². The first kappa shape index (κ1) is 24.7. The Labute approximate surface area is 220 Å². The summed E-state index contributed by atoms with van der Waals surface area (Å²) in [6, 6.07) is 15.0. The maximum atomic E-state index is 14.0. The van der Waals surface area contributed by atoms with Gasteiger partial charge in [-0.15, -0.1) is 5.10 Å². The molecule has 0 aliphatic carbocycles. The van der Waals surface area contributed by atoms with Gasteiger partial charge in [-0.25, -0.2) is 9.07 Å². The van der Waals surface area contributed by atoms with Gasteiger partial charge in [-0.3, -0.25) is 4.98 Å². The van der Waals surface area contributed by atoms with E-state index < -0.39 is 5.60 Å². The second-order valence-corrected chi connectivity index (χ2v) is 10.8. The van der Waals surface area contributed by atoms with Crippen LogP contribution in [0.1, 0.15) is 49.6 Å². The predicted octanol–water partition coefficient (Wildman–Crippen LogP) is 5.68. The molecule has 2 aromatic carbocycles. The highest BCUT2D eigenvalue weighted by molar-refractivity contribution is 6.07. The first-order chi connectivity index (χ1) is 18.2. The third-order valence-electron chi connectivity index (χ3n) is 7.82. The quantitative estimate of drug-likeness (QED) is 0.327. The Morgan fingerprint density at radius 3 is 2.45 bits per heavy atom. The average molecular weight is 514 g/mol. The zero-order valence-electron chi connectivity index (χ0n) is 22.1. The van der Waals surface area contributed by atoms with Gasteiger partial charge >= 0.3 is 0 Å². The number of pyridine rings is 1. The van der Waals surface area contributed by atoms with Crippen molar-refractivity contribution in [2.24, 2.45) is 13.0 Å². The molecule has 1 fully saturated rings. The molecule has 3 aromatic heterocycles. The highest BCUT2D eigenvalue weighted by atomic mass is 19.1. The van der Waals surface area contributed by atoms with E-state index in [-0.39, 0.29) is 17.8 Å². The summed E-state index contributed by atoms with van der Waals surface area (Å²) in [6.45, 7) is 6.92. The van der Waals surface area contributed by atoms with Crippen LogP contribution in [0.25, 0.3) is 33.2 Å². The number of benzene rings is 2. The third kappa shape index (κ3) is 4.18. The lowest BCUT2D eigenvalue weighted by atomic mass is 9.86. The maximum Gasteiger partial charge on any atom is 0.123 e. The molecule has 1 aliphatic heterocycles. The lowest BCUT2D eigenvalue weighted by molar-refractivity contribution is 0.0552. The normalized spacial score (nSPS) is 15.9. The molecule has 1 aliphatic rings. The number of ether oxygens (including phenoxy) is 1. The summed E-state index contributed by atoms with van der Waals surface area (Å²) in [7, 11) is 1.88. The molecule has 1 saturated heterocycles. The van der Waals surface area contributed by atoms with Crippen molar-refractivity contribution in [1.82, 2.24) is 24.5 Å². The fraction of sp³-hybridized carbons (Fsp3) is 0.367. The van der Waals surface area contributed by atoms with Crippen LogP contribution in [0.5, 0.6) is 0 Å². The van der Waals surface area contributed by atoms with Crippen molar-refractivity contribution in [1.29, 1.82) is 0 Å². The van der Waals surface area contributed by atoms with E-state index in [0.29, 0.717) is 13.2 Å². The third-order valence-corrected chi connectivity index (χ3v) is 7.82. The molecule has 1 N–H and O–H groups in total. The topological polar surface area (TPSA) is 78.0 Å². The fourth-order valence-corrected chi connectivity index (χ4v) is 5.89. The molecule has 0 radical (unpaired) electrons. The first-order valence-electron chi connectivity index (χ1n) is 13.1. The Bertz CT molecular complexity index is 1610. The van der Waals surface area contributed by atoms with Gasteiger partial charge in [-0.1, -0.05) is 29.5 Å². The Morgan fingerprint density at radius 2 is 1.79 bits per heavy atom. The molecule has 0 saturated carbocycles. The number of aromatic nitrogens is 5.